The number of ketones is 1. The van der Waals surface area contributed by atoms with Crippen LogP contribution in [0.1, 0.15) is 42.8 Å². The highest BCUT2D eigenvalue weighted by molar-refractivity contribution is 5.82. The molecule has 1 N–H and O–H groups in total. The van der Waals surface area contributed by atoms with Crippen LogP contribution in [0.5, 0.6) is 5.75 Å². The number of nitro groups is 1. The largest absolute Gasteiger partial charge is 0.427 e. The summed E-state index contributed by atoms with van der Waals surface area (Å²) in [4.78, 5) is 46.9. The number of Topliss-reactive ketones (excluding diaryl/α,β-unsaturated/α-hetero) is 1. The smallest absolute Gasteiger partial charge is 0.387 e. The van der Waals surface area contributed by atoms with Gasteiger partial charge < -0.3 is 14.3 Å². The molecule has 10 nitrogen and oxygen atoms in total. The monoisotopic (exact) mass is 511 g/mol. The molecule has 1 unspecified atom stereocenters. The van der Waals surface area contributed by atoms with E-state index in [1.54, 1.807) is 4.57 Å². The van der Waals surface area contributed by atoms with Crippen molar-refractivity contribution in [2.24, 2.45) is 0 Å². The number of ether oxygens (including phenoxy) is 1. The highest BCUT2D eigenvalue weighted by Gasteiger charge is 2.22. The third kappa shape index (κ3) is 6.02. The topological polar surface area (TPSA) is 133 Å². The van der Waals surface area contributed by atoms with E-state index >= 15 is 0 Å². The number of nitrogens with zero attached hydrogens (tertiary/aromatic N) is 4. The average molecular weight is 511 g/mol. The standard InChI is InChI=1S/C25H23F2N5O5/c1-15(33)18(9-5-8-16-6-3-2-4-7-16)31-14-28-22-23(31)29-21(30-24(22)34)13-17-10-11-20(37-25(26)27)19(12-17)32(35)36/h2-4,6-7,10-12,14,18,25H,5,8-9,13H2,1H3,(H,29,30,34). The number of alkyl halides is 2. The number of carbonyl (C=O) groups is 1. The Balaban J connectivity index is 1.61. The van der Waals surface area contributed by atoms with E-state index in [4.69, 9.17) is 0 Å². The van der Waals surface area contributed by atoms with Crippen LogP contribution in [-0.4, -0.2) is 36.8 Å². The van der Waals surface area contributed by atoms with Crippen molar-refractivity contribution in [2.45, 2.75) is 45.3 Å². The van der Waals surface area contributed by atoms with E-state index in [-0.39, 0.29) is 29.2 Å². The van der Waals surface area contributed by atoms with E-state index in [9.17, 15) is 28.5 Å². The van der Waals surface area contributed by atoms with Crippen LogP contribution in [-0.2, 0) is 17.6 Å². The van der Waals surface area contributed by atoms with Crippen LogP contribution in [0.2, 0.25) is 0 Å². The number of fused-ring (bicyclic) bond motifs is 1. The Bertz CT molecular complexity index is 1490. The molecule has 2 aromatic heterocycles. The zero-order valence-electron chi connectivity index (χ0n) is 19.8. The van der Waals surface area contributed by atoms with Gasteiger partial charge in [-0.15, -0.1) is 0 Å². The highest BCUT2D eigenvalue weighted by Crippen LogP contribution is 2.30. The Labute approximate surface area is 209 Å². The van der Waals surface area contributed by atoms with Crippen molar-refractivity contribution in [3.8, 4) is 5.75 Å². The van der Waals surface area contributed by atoms with Gasteiger partial charge in [0, 0.05) is 12.5 Å². The molecule has 12 heteroatoms. The lowest BCUT2D eigenvalue weighted by molar-refractivity contribution is -0.386. The van der Waals surface area contributed by atoms with E-state index in [0.29, 0.717) is 12.0 Å². The fourth-order valence-corrected chi connectivity index (χ4v) is 4.17. The number of imidazole rings is 1. The summed E-state index contributed by atoms with van der Waals surface area (Å²) in [5.41, 5.74) is 0.596. The second-order valence-corrected chi connectivity index (χ2v) is 8.46. The minimum atomic E-state index is -3.22. The van der Waals surface area contributed by atoms with Gasteiger partial charge in [0.15, 0.2) is 16.9 Å². The molecule has 0 saturated heterocycles. The molecule has 0 fully saturated rings. The minimum Gasteiger partial charge on any atom is -0.427 e. The van der Waals surface area contributed by atoms with Crippen molar-refractivity contribution in [1.29, 1.82) is 0 Å². The maximum absolute atomic E-state index is 12.7. The summed E-state index contributed by atoms with van der Waals surface area (Å²) < 4.78 is 30.9. The number of H-pyrrole nitrogens is 1. The van der Waals surface area contributed by atoms with Crippen LogP contribution in [0.25, 0.3) is 11.2 Å². The second kappa shape index (κ2) is 11.1. The van der Waals surface area contributed by atoms with E-state index in [1.165, 1.54) is 19.3 Å². The van der Waals surface area contributed by atoms with E-state index in [2.05, 4.69) is 19.7 Å². The van der Waals surface area contributed by atoms with Crippen LogP contribution in [0.15, 0.2) is 59.7 Å². The molecule has 2 heterocycles. The molecule has 2 aromatic carbocycles. The van der Waals surface area contributed by atoms with Crippen molar-refractivity contribution in [2.75, 3.05) is 0 Å². The Morgan fingerprint density at radius 3 is 2.62 bits per heavy atom. The fourth-order valence-electron chi connectivity index (χ4n) is 4.17. The highest BCUT2D eigenvalue weighted by atomic mass is 19.3. The summed E-state index contributed by atoms with van der Waals surface area (Å²) in [6.07, 6.45) is 3.38. The van der Waals surface area contributed by atoms with Crippen LogP contribution < -0.4 is 10.3 Å². The number of aromatic nitrogens is 4. The summed E-state index contributed by atoms with van der Waals surface area (Å²) in [5, 5.41) is 11.3. The van der Waals surface area contributed by atoms with Gasteiger partial charge in [0.25, 0.3) is 5.56 Å². The molecular weight excluding hydrogens is 488 g/mol. The number of hydrogen-bond acceptors (Lipinski definition) is 7. The van der Waals surface area contributed by atoms with Gasteiger partial charge in [-0.05, 0) is 43.4 Å². The Morgan fingerprint density at radius 1 is 1.19 bits per heavy atom. The lowest BCUT2D eigenvalue weighted by atomic mass is 10.0. The molecule has 0 aliphatic rings. The van der Waals surface area contributed by atoms with Crippen LogP contribution in [0.4, 0.5) is 14.5 Å². The molecule has 192 valence electrons. The zero-order chi connectivity index (χ0) is 26.5. The number of nitro benzene ring substituents is 1. The Kier molecular flexibility index (Phi) is 7.66. The minimum absolute atomic E-state index is 0.0368. The molecule has 0 radical (unpaired) electrons. The van der Waals surface area contributed by atoms with Crippen molar-refractivity contribution in [3.63, 3.8) is 0 Å². The van der Waals surface area contributed by atoms with Crippen LogP contribution >= 0.6 is 0 Å². The van der Waals surface area contributed by atoms with Gasteiger partial charge in [0.1, 0.15) is 5.82 Å². The van der Waals surface area contributed by atoms with Gasteiger partial charge in [-0.2, -0.15) is 8.78 Å². The summed E-state index contributed by atoms with van der Waals surface area (Å²) in [7, 11) is 0. The predicted octanol–water partition coefficient (Wildman–Crippen LogP) is 4.37. The maximum atomic E-state index is 12.7. The molecule has 37 heavy (non-hydrogen) atoms. The van der Waals surface area contributed by atoms with E-state index < -0.39 is 34.6 Å². The van der Waals surface area contributed by atoms with Gasteiger partial charge in [-0.3, -0.25) is 19.7 Å². The molecule has 1 atom stereocenters. The number of halogens is 2. The molecule has 4 rings (SSSR count). The number of aromatic amines is 1. The van der Waals surface area contributed by atoms with Crippen molar-refractivity contribution < 1.29 is 23.2 Å². The second-order valence-electron chi connectivity index (χ2n) is 8.46. The third-order valence-electron chi connectivity index (χ3n) is 5.88. The first kappa shape index (κ1) is 25.6. The normalized spacial score (nSPS) is 12.1. The van der Waals surface area contributed by atoms with Gasteiger partial charge in [-0.25, -0.2) is 9.97 Å². The zero-order valence-corrected chi connectivity index (χ0v) is 19.8. The Morgan fingerprint density at radius 2 is 1.95 bits per heavy atom. The van der Waals surface area contributed by atoms with Gasteiger partial charge in [-0.1, -0.05) is 36.4 Å². The quantitative estimate of drug-likeness (QED) is 0.233. The van der Waals surface area contributed by atoms with E-state index in [0.717, 1.165) is 30.5 Å². The lowest BCUT2D eigenvalue weighted by Gasteiger charge is -2.16. The predicted molar refractivity (Wildman–Crippen MR) is 130 cm³/mol. The number of nitrogens with one attached hydrogen (secondary N) is 1. The van der Waals surface area contributed by atoms with Crippen LogP contribution in [0.3, 0.4) is 0 Å². The molecule has 0 aliphatic carbocycles. The fraction of sp³-hybridized carbons (Fsp3) is 0.280. The van der Waals surface area contributed by atoms with Crippen molar-refractivity contribution in [3.05, 3.63) is 92.3 Å². The number of aryl methyl sites for hydroxylation is 1. The van der Waals surface area contributed by atoms with Crippen LogP contribution in [0, 0.1) is 10.1 Å². The molecule has 0 spiro atoms. The first-order valence-corrected chi connectivity index (χ1v) is 11.4. The molecule has 0 aliphatic heterocycles. The lowest BCUT2D eigenvalue weighted by Crippen LogP contribution is -2.19. The van der Waals surface area contributed by atoms with Crippen molar-refractivity contribution in [1.82, 2.24) is 19.5 Å². The molecular formula is C25H23F2N5O5. The third-order valence-corrected chi connectivity index (χ3v) is 5.88. The number of benzene rings is 2. The SMILES string of the molecule is CC(=O)C(CCCc1ccccc1)n1cnc2c(=O)[nH]c(Cc3ccc(OC(F)F)c([N+](=O)[O-])c3)nc21. The first-order chi connectivity index (χ1) is 17.7. The number of carbonyl (C=O) groups excluding carboxylic acids is 1. The molecule has 0 amide bonds. The number of rotatable bonds is 11. The first-order valence-electron chi connectivity index (χ1n) is 11.4. The van der Waals surface area contributed by atoms with E-state index in [1.807, 2.05) is 30.3 Å². The molecule has 0 bridgehead atoms. The average Bonchev–Trinajstić information content (AvgIpc) is 3.27. The van der Waals surface area contributed by atoms with Crippen molar-refractivity contribution >= 4 is 22.6 Å². The summed E-state index contributed by atoms with van der Waals surface area (Å²) >= 11 is 0. The Hall–Kier alpha value is -4.48. The van der Waals surface area contributed by atoms with Gasteiger partial charge >= 0.3 is 12.3 Å². The number of hydrogen-bond donors (Lipinski definition) is 1. The summed E-state index contributed by atoms with van der Waals surface area (Å²) in [6.45, 7) is -1.75. The summed E-state index contributed by atoms with van der Waals surface area (Å²) in [5.74, 6) is -0.512. The summed E-state index contributed by atoms with van der Waals surface area (Å²) in [6, 6.07) is 12.8. The van der Waals surface area contributed by atoms with Gasteiger partial charge in [0.05, 0.1) is 17.3 Å². The maximum Gasteiger partial charge on any atom is 0.387 e. The molecule has 0 saturated carbocycles. The molecule has 4 aromatic rings. The van der Waals surface area contributed by atoms with Gasteiger partial charge in [0.2, 0.25) is 5.75 Å².